The molecule has 0 N–H and O–H groups in total. The zero-order valence-corrected chi connectivity index (χ0v) is 14.4. The molecule has 0 saturated heterocycles. The van der Waals surface area contributed by atoms with Crippen LogP contribution in [0.1, 0.15) is 12.6 Å². The van der Waals surface area contributed by atoms with Crippen molar-refractivity contribution < 1.29 is 8.63 Å². The second-order valence-electron chi connectivity index (χ2n) is 6.75. The number of hydrogen-bond donors (Lipinski definition) is 0. The molecule has 1 aliphatic rings. The summed E-state index contributed by atoms with van der Waals surface area (Å²) in [6.07, 6.45) is 3.84. The summed E-state index contributed by atoms with van der Waals surface area (Å²) in [5, 5.41) is 5.80. The number of aromatic nitrogens is 1. The van der Waals surface area contributed by atoms with Gasteiger partial charge in [0.25, 0.3) is 0 Å². The molecule has 1 aromatic heterocycles. The highest BCUT2D eigenvalue weighted by Crippen LogP contribution is 2.33. The molecular weight excluding hydrogens is 329 g/mol. The number of hydrogen-bond acceptors (Lipinski definition) is 1. The predicted octanol–water partition coefficient (Wildman–Crippen LogP) is 4.89. The molecule has 5 rings (SSSR count). The molecule has 0 bridgehead atoms. The van der Waals surface area contributed by atoms with Crippen LogP contribution in [0.25, 0.3) is 38.1 Å². The second kappa shape index (κ2) is 5.27. The Balaban J connectivity index is 2.21. The van der Waals surface area contributed by atoms with Crippen molar-refractivity contribution in [1.82, 2.24) is 4.48 Å². The second-order valence-corrected chi connectivity index (χ2v) is 6.75. The van der Waals surface area contributed by atoms with Gasteiger partial charge in [0.15, 0.2) is 0 Å². The summed E-state index contributed by atoms with van der Waals surface area (Å²) in [7, 11) is -2.60. The fraction of sp³-hybridized carbons (Fsp3) is 0.0952. The highest BCUT2D eigenvalue weighted by molar-refractivity contribution is 6.43. The molecule has 1 aliphatic heterocycles. The molecule has 126 valence electrons. The first kappa shape index (κ1) is 15.3. The third kappa shape index (κ3) is 1.94. The van der Waals surface area contributed by atoms with Crippen LogP contribution in [0.5, 0.6) is 0 Å². The Morgan fingerprint density at radius 1 is 0.923 bits per heavy atom. The van der Waals surface area contributed by atoms with Gasteiger partial charge in [-0.25, -0.2) is 0 Å². The van der Waals surface area contributed by atoms with E-state index in [2.05, 4.69) is 17.1 Å². The molecular formula is C21H15BF2N2. The topological polar surface area (TPSA) is 17.3 Å². The van der Waals surface area contributed by atoms with E-state index in [1.807, 2.05) is 49.4 Å². The Kier molecular flexibility index (Phi) is 3.11. The first-order valence-corrected chi connectivity index (χ1v) is 8.57. The van der Waals surface area contributed by atoms with Gasteiger partial charge in [-0.3, -0.25) is 13.6 Å². The largest absolute Gasteiger partial charge is 0.677 e. The van der Waals surface area contributed by atoms with Crippen LogP contribution in [0.3, 0.4) is 0 Å². The monoisotopic (exact) mass is 344 g/mol. The molecule has 0 radical (unpaired) electrons. The average molecular weight is 344 g/mol. The molecule has 2 heterocycles. The van der Waals surface area contributed by atoms with Crippen molar-refractivity contribution in [2.75, 3.05) is 0 Å². The Labute approximate surface area is 149 Å². The fourth-order valence-corrected chi connectivity index (χ4v) is 4.13. The van der Waals surface area contributed by atoms with Crippen molar-refractivity contribution in [3.8, 4) is 0 Å². The zero-order valence-electron chi connectivity index (χ0n) is 14.4. The Bertz CT molecular complexity index is 1320. The molecule has 0 atom stereocenters. The number of benzene rings is 3. The lowest BCUT2D eigenvalue weighted by Gasteiger charge is -2.12. The van der Waals surface area contributed by atoms with Crippen molar-refractivity contribution in [3.63, 3.8) is 0 Å². The third-order valence-corrected chi connectivity index (χ3v) is 5.16. The minimum atomic E-state index is -2.60. The van der Waals surface area contributed by atoms with E-state index in [1.165, 1.54) is 0 Å². The molecule has 0 unspecified atom stereocenters. The lowest BCUT2D eigenvalue weighted by Crippen LogP contribution is -2.20. The molecule has 3 aromatic carbocycles. The van der Waals surface area contributed by atoms with Gasteiger partial charge < -0.3 is 4.48 Å². The zero-order chi connectivity index (χ0) is 18.0. The maximum atomic E-state index is 13.9. The van der Waals surface area contributed by atoms with Crippen molar-refractivity contribution in [1.29, 1.82) is 0 Å². The standard InChI is InChI=1S/C21H15BF2N2/c1-12-9-10-18(25-12)20-16-8-4-6-14-5-3-7-15(19(14)16)17-11-13(2)26(21(17)20)22(23)24/h3-11H,1-2H3/b20-18-. The Morgan fingerprint density at radius 3 is 2.31 bits per heavy atom. The number of nitrogens with zero attached hydrogens (tertiary/aromatic N) is 2. The van der Waals surface area contributed by atoms with Gasteiger partial charge in [0, 0.05) is 22.0 Å². The van der Waals surface area contributed by atoms with Gasteiger partial charge in [-0.1, -0.05) is 36.4 Å². The summed E-state index contributed by atoms with van der Waals surface area (Å²) in [4.78, 5) is 4.61. The molecule has 0 spiro atoms. The van der Waals surface area contributed by atoms with Crippen LogP contribution in [-0.4, -0.2) is 17.6 Å². The van der Waals surface area contributed by atoms with E-state index in [0.717, 1.165) is 48.0 Å². The number of aliphatic imine (C=N–C) groups is 1. The van der Waals surface area contributed by atoms with E-state index < -0.39 is 7.40 Å². The van der Waals surface area contributed by atoms with Crippen LogP contribution in [0.4, 0.5) is 8.63 Å². The summed E-state index contributed by atoms with van der Waals surface area (Å²) in [6.45, 7) is 3.65. The average Bonchev–Trinajstić information content (AvgIpc) is 3.19. The van der Waals surface area contributed by atoms with Gasteiger partial charge >= 0.3 is 7.40 Å². The summed E-state index contributed by atoms with van der Waals surface area (Å²) in [5.41, 5.74) is 2.73. The number of halogens is 2. The molecule has 2 nitrogen and oxygen atoms in total. The Hall–Kier alpha value is -2.95. The first-order chi connectivity index (χ1) is 12.6. The number of allylic oxidation sites excluding steroid dienone is 1. The van der Waals surface area contributed by atoms with E-state index in [4.69, 9.17) is 0 Å². The highest BCUT2D eigenvalue weighted by Gasteiger charge is 2.25. The maximum absolute atomic E-state index is 13.9. The predicted molar refractivity (Wildman–Crippen MR) is 106 cm³/mol. The lowest BCUT2D eigenvalue weighted by atomic mass is 9.95. The maximum Gasteiger partial charge on any atom is 0.677 e. The van der Waals surface area contributed by atoms with Gasteiger partial charge in [0.05, 0.1) is 11.2 Å². The normalized spacial score (nSPS) is 16.2. The fourth-order valence-electron chi connectivity index (χ4n) is 4.13. The number of aryl methyl sites for hydroxylation is 1. The molecule has 26 heavy (non-hydrogen) atoms. The van der Waals surface area contributed by atoms with Crippen LogP contribution in [0.15, 0.2) is 59.6 Å². The lowest BCUT2D eigenvalue weighted by molar-refractivity contribution is 0.631. The van der Waals surface area contributed by atoms with Crippen molar-refractivity contribution >= 4 is 51.3 Å². The van der Waals surface area contributed by atoms with E-state index in [9.17, 15) is 8.63 Å². The highest BCUT2D eigenvalue weighted by atomic mass is 19.2. The molecule has 0 saturated carbocycles. The van der Waals surface area contributed by atoms with E-state index in [1.54, 1.807) is 6.92 Å². The van der Waals surface area contributed by atoms with Gasteiger partial charge in [0.1, 0.15) is 0 Å². The summed E-state index contributed by atoms with van der Waals surface area (Å²) in [5.74, 6) is 0. The van der Waals surface area contributed by atoms with Gasteiger partial charge in [-0.15, -0.1) is 0 Å². The van der Waals surface area contributed by atoms with Gasteiger partial charge in [-0.2, -0.15) is 0 Å². The number of rotatable bonds is 1. The van der Waals surface area contributed by atoms with Crippen LogP contribution in [-0.2, 0) is 0 Å². The summed E-state index contributed by atoms with van der Waals surface area (Å²) in [6, 6.07) is 14.0. The molecule has 0 fully saturated rings. The minimum absolute atomic E-state index is 0.551. The molecule has 0 amide bonds. The van der Waals surface area contributed by atoms with E-state index in [0.29, 0.717) is 11.2 Å². The first-order valence-electron chi connectivity index (χ1n) is 8.57. The van der Waals surface area contributed by atoms with E-state index >= 15 is 0 Å². The van der Waals surface area contributed by atoms with Crippen LogP contribution < -0.4 is 5.22 Å². The van der Waals surface area contributed by atoms with E-state index in [-0.39, 0.29) is 0 Å². The quantitative estimate of drug-likeness (QED) is 0.438. The molecule has 0 aliphatic carbocycles. The van der Waals surface area contributed by atoms with Crippen molar-refractivity contribution in [2.45, 2.75) is 13.8 Å². The summed E-state index contributed by atoms with van der Waals surface area (Å²) < 4.78 is 29.0. The van der Waals surface area contributed by atoms with Crippen LogP contribution >= 0.6 is 0 Å². The third-order valence-electron chi connectivity index (χ3n) is 5.16. The number of fused-ring (bicyclic) bond motifs is 2. The SMILES string of the molecule is CC1=N/C(=c2/c3cccc4cccc(c5cc(C)n(B(F)F)c25)c43)C=C1. The van der Waals surface area contributed by atoms with Gasteiger partial charge in [0.2, 0.25) is 0 Å². The molecule has 4 aromatic rings. The van der Waals surface area contributed by atoms with Crippen LogP contribution in [0.2, 0.25) is 0 Å². The smallest absolute Gasteiger partial charge is 0.329 e. The van der Waals surface area contributed by atoms with Crippen molar-refractivity contribution in [3.05, 3.63) is 65.5 Å². The summed E-state index contributed by atoms with van der Waals surface area (Å²) >= 11 is 0. The van der Waals surface area contributed by atoms with Gasteiger partial charge in [-0.05, 0) is 53.6 Å². The Morgan fingerprint density at radius 2 is 1.65 bits per heavy atom. The van der Waals surface area contributed by atoms with Crippen molar-refractivity contribution in [2.24, 2.45) is 4.99 Å². The molecule has 5 heteroatoms. The minimum Gasteiger partial charge on any atom is -0.329 e. The van der Waals surface area contributed by atoms with Crippen LogP contribution in [0, 0.1) is 6.92 Å².